The summed E-state index contributed by atoms with van der Waals surface area (Å²) < 4.78 is 0. The fourth-order valence-corrected chi connectivity index (χ4v) is 1.75. The maximum Gasteiger partial charge on any atom is 0.0795 e. The highest BCUT2D eigenvalue weighted by Crippen LogP contribution is 2.03. The Morgan fingerprint density at radius 2 is 2.46 bits per heavy atom. The van der Waals surface area contributed by atoms with Gasteiger partial charge in [-0.15, -0.1) is 11.3 Å². The van der Waals surface area contributed by atoms with Gasteiger partial charge in [0.15, 0.2) is 0 Å². The number of nitrogens with one attached hydrogen (secondary N) is 1. The summed E-state index contributed by atoms with van der Waals surface area (Å²) in [5.74, 6) is 0. The predicted octanol–water partition coefficient (Wildman–Crippen LogP) is 1.18. The highest BCUT2D eigenvalue weighted by atomic mass is 32.1. The number of nitrogens with zero attached hydrogens (tertiary/aromatic N) is 2. The molecule has 1 aromatic heterocycles. The van der Waals surface area contributed by atoms with E-state index in [4.69, 9.17) is 0 Å². The summed E-state index contributed by atoms with van der Waals surface area (Å²) in [6.07, 6.45) is 1.19. The molecule has 0 atom stereocenters. The van der Waals surface area contributed by atoms with Gasteiger partial charge in [-0.1, -0.05) is 0 Å². The quantitative estimate of drug-likeness (QED) is 0.697. The van der Waals surface area contributed by atoms with E-state index in [0.717, 1.165) is 19.6 Å². The van der Waals surface area contributed by atoms with E-state index in [1.165, 1.54) is 12.1 Å². The fraction of sp³-hybridized carbons (Fsp3) is 0.667. The Kier molecular flexibility index (Phi) is 4.97. The third kappa shape index (κ3) is 4.36. The zero-order valence-electron chi connectivity index (χ0n) is 8.29. The van der Waals surface area contributed by atoms with E-state index >= 15 is 0 Å². The van der Waals surface area contributed by atoms with Gasteiger partial charge < -0.3 is 10.2 Å². The first-order chi connectivity index (χ1) is 6.33. The lowest BCUT2D eigenvalue weighted by Crippen LogP contribution is -2.22. The smallest absolute Gasteiger partial charge is 0.0795 e. The van der Waals surface area contributed by atoms with Crippen LogP contribution >= 0.6 is 11.3 Å². The van der Waals surface area contributed by atoms with E-state index in [9.17, 15) is 0 Å². The van der Waals surface area contributed by atoms with Gasteiger partial charge in [-0.2, -0.15) is 0 Å². The van der Waals surface area contributed by atoms with Crippen LogP contribution in [0.25, 0.3) is 0 Å². The standard InChI is InChI=1S/C9H17N3S/c1-10-4-3-5-12(2)6-9-7-13-8-11-9/h7-8,10H,3-6H2,1-2H3. The lowest BCUT2D eigenvalue weighted by molar-refractivity contribution is 0.318. The summed E-state index contributed by atoms with van der Waals surface area (Å²) in [5.41, 5.74) is 3.06. The van der Waals surface area contributed by atoms with Gasteiger partial charge in [0.1, 0.15) is 0 Å². The zero-order chi connectivity index (χ0) is 9.52. The minimum Gasteiger partial charge on any atom is -0.320 e. The molecular weight excluding hydrogens is 182 g/mol. The normalized spacial score (nSPS) is 11.0. The summed E-state index contributed by atoms with van der Waals surface area (Å²) in [5, 5.41) is 5.25. The second kappa shape index (κ2) is 6.07. The lowest BCUT2D eigenvalue weighted by atomic mass is 10.3. The molecule has 0 aromatic carbocycles. The first-order valence-electron chi connectivity index (χ1n) is 4.53. The topological polar surface area (TPSA) is 28.2 Å². The van der Waals surface area contributed by atoms with Crippen molar-refractivity contribution in [2.24, 2.45) is 0 Å². The van der Waals surface area contributed by atoms with Gasteiger partial charge in [0.25, 0.3) is 0 Å². The average Bonchev–Trinajstić information content (AvgIpc) is 2.57. The van der Waals surface area contributed by atoms with Crippen molar-refractivity contribution < 1.29 is 0 Å². The van der Waals surface area contributed by atoms with Crippen LogP contribution in [-0.2, 0) is 6.54 Å². The maximum absolute atomic E-state index is 4.25. The highest BCUT2D eigenvalue weighted by Gasteiger charge is 2.00. The van der Waals surface area contributed by atoms with E-state index in [1.807, 2.05) is 12.6 Å². The van der Waals surface area contributed by atoms with Crippen molar-refractivity contribution in [2.45, 2.75) is 13.0 Å². The molecule has 3 nitrogen and oxygen atoms in total. The number of rotatable bonds is 6. The van der Waals surface area contributed by atoms with Crippen molar-refractivity contribution >= 4 is 11.3 Å². The Morgan fingerprint density at radius 3 is 3.08 bits per heavy atom. The molecule has 0 saturated carbocycles. The molecule has 0 radical (unpaired) electrons. The maximum atomic E-state index is 4.25. The summed E-state index contributed by atoms with van der Waals surface area (Å²) in [6, 6.07) is 0. The second-order valence-corrected chi connectivity index (χ2v) is 3.89. The number of aromatic nitrogens is 1. The minimum absolute atomic E-state index is 0.965. The monoisotopic (exact) mass is 199 g/mol. The average molecular weight is 199 g/mol. The number of hydrogen-bond acceptors (Lipinski definition) is 4. The molecule has 0 saturated heterocycles. The molecule has 0 aliphatic carbocycles. The molecule has 74 valence electrons. The molecule has 0 spiro atoms. The van der Waals surface area contributed by atoms with Crippen LogP contribution in [0, 0.1) is 0 Å². The van der Waals surface area contributed by atoms with Crippen molar-refractivity contribution in [3.8, 4) is 0 Å². The largest absolute Gasteiger partial charge is 0.320 e. The summed E-state index contributed by atoms with van der Waals surface area (Å²) in [4.78, 5) is 6.54. The Labute approximate surface area is 83.8 Å². The van der Waals surface area contributed by atoms with E-state index in [1.54, 1.807) is 11.3 Å². The van der Waals surface area contributed by atoms with Crippen LogP contribution in [0.1, 0.15) is 12.1 Å². The zero-order valence-corrected chi connectivity index (χ0v) is 9.10. The van der Waals surface area contributed by atoms with Gasteiger partial charge in [-0.25, -0.2) is 4.98 Å². The molecule has 0 aliphatic rings. The van der Waals surface area contributed by atoms with Crippen LogP contribution in [-0.4, -0.2) is 37.1 Å². The fourth-order valence-electron chi connectivity index (χ4n) is 1.20. The van der Waals surface area contributed by atoms with Gasteiger partial charge in [0.05, 0.1) is 11.2 Å². The molecule has 1 rings (SSSR count). The van der Waals surface area contributed by atoms with Crippen molar-refractivity contribution in [1.29, 1.82) is 0 Å². The summed E-state index contributed by atoms with van der Waals surface area (Å²) in [7, 11) is 4.12. The third-order valence-electron chi connectivity index (χ3n) is 1.88. The first kappa shape index (κ1) is 10.6. The van der Waals surface area contributed by atoms with Crippen LogP contribution in [0.15, 0.2) is 10.9 Å². The Morgan fingerprint density at radius 1 is 1.62 bits per heavy atom. The molecule has 13 heavy (non-hydrogen) atoms. The molecule has 1 heterocycles. The first-order valence-corrected chi connectivity index (χ1v) is 5.47. The van der Waals surface area contributed by atoms with Gasteiger partial charge in [-0.05, 0) is 33.6 Å². The van der Waals surface area contributed by atoms with Crippen molar-refractivity contribution in [3.05, 3.63) is 16.6 Å². The van der Waals surface area contributed by atoms with E-state index in [-0.39, 0.29) is 0 Å². The predicted molar refractivity (Wildman–Crippen MR) is 57.0 cm³/mol. The Bertz CT molecular complexity index is 211. The molecule has 0 fully saturated rings. The molecule has 1 aromatic rings. The minimum atomic E-state index is 0.965. The van der Waals surface area contributed by atoms with E-state index < -0.39 is 0 Å². The van der Waals surface area contributed by atoms with Crippen molar-refractivity contribution in [1.82, 2.24) is 15.2 Å². The van der Waals surface area contributed by atoms with Gasteiger partial charge in [0.2, 0.25) is 0 Å². The highest BCUT2D eigenvalue weighted by molar-refractivity contribution is 7.07. The van der Waals surface area contributed by atoms with Crippen LogP contribution in [0.5, 0.6) is 0 Å². The van der Waals surface area contributed by atoms with Crippen LogP contribution in [0.3, 0.4) is 0 Å². The molecule has 0 bridgehead atoms. The van der Waals surface area contributed by atoms with Crippen molar-refractivity contribution in [2.75, 3.05) is 27.2 Å². The second-order valence-electron chi connectivity index (χ2n) is 3.17. The molecular formula is C9H17N3S. The van der Waals surface area contributed by atoms with Crippen LogP contribution < -0.4 is 5.32 Å². The summed E-state index contributed by atoms with van der Waals surface area (Å²) in [6.45, 7) is 3.17. The van der Waals surface area contributed by atoms with Crippen LogP contribution in [0.4, 0.5) is 0 Å². The molecule has 4 heteroatoms. The van der Waals surface area contributed by atoms with Gasteiger partial charge in [-0.3, -0.25) is 0 Å². The molecule has 0 amide bonds. The SMILES string of the molecule is CNCCCN(C)Cc1cscn1. The number of thiazole rings is 1. The van der Waals surface area contributed by atoms with Crippen molar-refractivity contribution in [3.63, 3.8) is 0 Å². The molecule has 1 N–H and O–H groups in total. The van der Waals surface area contributed by atoms with E-state index in [0.29, 0.717) is 0 Å². The summed E-state index contributed by atoms with van der Waals surface area (Å²) >= 11 is 1.66. The molecule has 0 aliphatic heterocycles. The molecule has 0 unspecified atom stereocenters. The third-order valence-corrected chi connectivity index (χ3v) is 2.52. The Hall–Kier alpha value is -0.450. The van der Waals surface area contributed by atoms with Gasteiger partial charge in [0, 0.05) is 11.9 Å². The Balaban J connectivity index is 2.14. The lowest BCUT2D eigenvalue weighted by Gasteiger charge is -2.14. The van der Waals surface area contributed by atoms with Gasteiger partial charge >= 0.3 is 0 Å². The van der Waals surface area contributed by atoms with Crippen LogP contribution in [0.2, 0.25) is 0 Å². The van der Waals surface area contributed by atoms with E-state index in [2.05, 4.69) is 27.6 Å². The number of hydrogen-bond donors (Lipinski definition) is 1.